The Balaban J connectivity index is 1.41. The number of aromatic hydroxyl groups is 1. The summed E-state index contributed by atoms with van der Waals surface area (Å²) in [5.41, 5.74) is 1.27. The average Bonchev–Trinajstić information content (AvgIpc) is 2.98. The first-order valence-electron chi connectivity index (χ1n) is 9.53. The topological polar surface area (TPSA) is 69.6 Å². The number of carbonyl (C=O) groups is 2. The van der Waals surface area contributed by atoms with Gasteiger partial charge in [-0.2, -0.15) is 0 Å². The molecule has 0 radical (unpaired) electrons. The molecular weight excluding hydrogens is 440 g/mol. The van der Waals surface area contributed by atoms with Crippen LogP contribution in [0.4, 0.5) is 5.69 Å². The zero-order valence-electron chi connectivity index (χ0n) is 16.1. The number of nitrogens with one attached hydrogen (secondary N) is 1. The van der Waals surface area contributed by atoms with Gasteiger partial charge in [0.15, 0.2) is 0 Å². The van der Waals surface area contributed by atoms with Crippen molar-refractivity contribution < 1.29 is 14.7 Å². The van der Waals surface area contributed by atoms with E-state index < -0.39 is 0 Å². The normalized spacial score (nSPS) is 15.1. The van der Waals surface area contributed by atoms with E-state index in [9.17, 15) is 14.7 Å². The number of amides is 2. The molecule has 1 aliphatic heterocycles. The lowest BCUT2D eigenvalue weighted by Gasteiger charge is -2.14. The van der Waals surface area contributed by atoms with Crippen LogP contribution in [0.5, 0.6) is 5.75 Å². The summed E-state index contributed by atoms with van der Waals surface area (Å²) in [5.74, 6) is -0.280. The number of halogens is 1. The van der Waals surface area contributed by atoms with E-state index in [0.29, 0.717) is 39.3 Å². The number of hydrogen-bond acceptors (Lipinski definition) is 5. The predicted molar refractivity (Wildman–Crippen MR) is 127 cm³/mol. The molecule has 5 nitrogen and oxygen atoms in total. The average molecular weight is 461 g/mol. The molecule has 1 heterocycles. The van der Waals surface area contributed by atoms with E-state index in [2.05, 4.69) is 5.32 Å². The van der Waals surface area contributed by atoms with Crippen molar-refractivity contribution in [3.63, 3.8) is 0 Å². The summed E-state index contributed by atoms with van der Waals surface area (Å²) < 4.78 is 0.566. The highest BCUT2D eigenvalue weighted by Crippen LogP contribution is 2.32. The number of carbonyl (C=O) groups excluding carboxylic acids is 2. The molecule has 2 N–H and O–H groups in total. The molecular formula is C22H21ClN2O3S2. The molecule has 156 valence electrons. The summed E-state index contributed by atoms with van der Waals surface area (Å²) in [6, 6.07) is 14.2. The van der Waals surface area contributed by atoms with Gasteiger partial charge in [0.2, 0.25) is 5.91 Å². The highest BCUT2D eigenvalue weighted by Gasteiger charge is 2.31. The number of benzene rings is 2. The van der Waals surface area contributed by atoms with Crippen LogP contribution in [0.3, 0.4) is 0 Å². The van der Waals surface area contributed by atoms with E-state index in [4.69, 9.17) is 23.8 Å². The molecule has 0 saturated carbocycles. The van der Waals surface area contributed by atoms with Gasteiger partial charge in [0.25, 0.3) is 5.91 Å². The van der Waals surface area contributed by atoms with Gasteiger partial charge < -0.3 is 10.4 Å². The summed E-state index contributed by atoms with van der Waals surface area (Å²) in [5, 5.41) is 12.8. The van der Waals surface area contributed by atoms with E-state index >= 15 is 0 Å². The van der Waals surface area contributed by atoms with E-state index in [1.807, 2.05) is 36.4 Å². The van der Waals surface area contributed by atoms with Crippen molar-refractivity contribution in [3.05, 3.63) is 64.0 Å². The van der Waals surface area contributed by atoms with Gasteiger partial charge in [0.1, 0.15) is 10.1 Å². The number of thioether (sulfide) groups is 1. The first-order chi connectivity index (χ1) is 14.4. The lowest BCUT2D eigenvalue weighted by molar-refractivity contribution is -0.122. The zero-order valence-corrected chi connectivity index (χ0v) is 18.5. The molecule has 8 heteroatoms. The van der Waals surface area contributed by atoms with Crippen LogP contribution in [0.2, 0.25) is 5.02 Å². The Morgan fingerprint density at radius 3 is 2.70 bits per heavy atom. The Kier molecular flexibility index (Phi) is 7.90. The second-order valence-electron chi connectivity index (χ2n) is 6.76. The molecule has 0 unspecified atom stereocenters. The van der Waals surface area contributed by atoms with Gasteiger partial charge in [-0.05, 0) is 42.7 Å². The molecule has 2 aromatic rings. The standard InChI is InChI=1S/C22H21ClN2O3S2/c23-16-10-11-18(26)17(14-16)24-20(27)9-5-2-6-12-25-21(28)19(30-22(25)29)13-15-7-3-1-4-8-15/h1,3-4,7-8,10-11,13-14,26H,2,5-6,9,12H2,(H,24,27)/b19-13-. The summed E-state index contributed by atoms with van der Waals surface area (Å²) >= 11 is 12.6. The highest BCUT2D eigenvalue weighted by atomic mass is 35.5. The first kappa shape index (κ1) is 22.3. The third kappa shape index (κ3) is 6.08. The van der Waals surface area contributed by atoms with Crippen LogP contribution >= 0.6 is 35.6 Å². The van der Waals surface area contributed by atoms with Crippen LogP contribution in [0.25, 0.3) is 6.08 Å². The molecule has 1 fully saturated rings. The summed E-state index contributed by atoms with van der Waals surface area (Å²) in [4.78, 5) is 26.9. The third-order valence-corrected chi connectivity index (χ3v) is 6.10. The second-order valence-corrected chi connectivity index (χ2v) is 8.88. The van der Waals surface area contributed by atoms with Crippen molar-refractivity contribution in [3.8, 4) is 5.75 Å². The lowest BCUT2D eigenvalue weighted by Crippen LogP contribution is -2.29. The molecule has 1 saturated heterocycles. The molecule has 3 rings (SSSR count). The van der Waals surface area contributed by atoms with Crippen molar-refractivity contribution in [2.75, 3.05) is 11.9 Å². The van der Waals surface area contributed by atoms with Crippen LogP contribution in [-0.2, 0) is 9.59 Å². The zero-order chi connectivity index (χ0) is 21.5. The maximum absolute atomic E-state index is 12.6. The van der Waals surface area contributed by atoms with Gasteiger partial charge >= 0.3 is 0 Å². The number of thiocarbonyl (C=S) groups is 1. The van der Waals surface area contributed by atoms with Crippen molar-refractivity contribution in [2.45, 2.75) is 25.7 Å². The SMILES string of the molecule is O=C(CCCCCN1C(=O)/C(=C/c2ccccc2)SC1=S)Nc1cc(Cl)ccc1O. The monoisotopic (exact) mass is 460 g/mol. The fourth-order valence-electron chi connectivity index (χ4n) is 2.95. The quantitative estimate of drug-likeness (QED) is 0.237. The summed E-state index contributed by atoms with van der Waals surface area (Å²) in [7, 11) is 0. The maximum atomic E-state index is 12.6. The number of nitrogens with zero attached hydrogens (tertiary/aromatic N) is 1. The number of phenols is 1. The molecule has 0 atom stereocenters. The minimum absolute atomic E-state index is 0.0225. The largest absolute Gasteiger partial charge is 0.506 e. The molecule has 2 aromatic carbocycles. The molecule has 30 heavy (non-hydrogen) atoms. The van der Waals surface area contributed by atoms with Gasteiger partial charge in [0.05, 0.1) is 10.6 Å². The minimum atomic E-state index is -0.191. The van der Waals surface area contributed by atoms with Crippen molar-refractivity contribution >= 4 is 63.5 Å². The van der Waals surface area contributed by atoms with Crippen molar-refractivity contribution in [2.24, 2.45) is 0 Å². The van der Waals surface area contributed by atoms with Crippen LogP contribution in [0, 0.1) is 0 Å². The number of phenolic OH excluding ortho intramolecular Hbond substituents is 1. The fourth-order valence-corrected chi connectivity index (χ4v) is 4.43. The lowest BCUT2D eigenvalue weighted by atomic mass is 10.1. The van der Waals surface area contributed by atoms with Gasteiger partial charge in [-0.15, -0.1) is 0 Å². The minimum Gasteiger partial charge on any atom is -0.506 e. The van der Waals surface area contributed by atoms with Crippen molar-refractivity contribution in [1.82, 2.24) is 4.90 Å². The number of rotatable bonds is 8. The smallest absolute Gasteiger partial charge is 0.266 e. The summed E-state index contributed by atoms with van der Waals surface area (Å²) in [6.07, 6.45) is 4.37. The van der Waals surface area contributed by atoms with Crippen LogP contribution in [0.1, 0.15) is 31.2 Å². The molecule has 1 aliphatic rings. The highest BCUT2D eigenvalue weighted by molar-refractivity contribution is 8.26. The van der Waals surface area contributed by atoms with E-state index in [1.54, 1.807) is 11.0 Å². The van der Waals surface area contributed by atoms with Crippen LogP contribution in [-0.4, -0.2) is 32.7 Å². The Morgan fingerprint density at radius 1 is 1.17 bits per heavy atom. The Hall–Kier alpha value is -2.35. The van der Waals surface area contributed by atoms with Gasteiger partial charge in [-0.25, -0.2) is 0 Å². The fraction of sp³-hybridized carbons (Fsp3) is 0.227. The number of unbranched alkanes of at least 4 members (excludes halogenated alkanes) is 2. The number of hydrogen-bond donors (Lipinski definition) is 2. The molecule has 2 amide bonds. The first-order valence-corrected chi connectivity index (χ1v) is 11.1. The predicted octanol–water partition coefficient (Wildman–Crippen LogP) is 5.45. The van der Waals surface area contributed by atoms with Gasteiger partial charge in [-0.1, -0.05) is 72.3 Å². The molecule has 0 aliphatic carbocycles. The maximum Gasteiger partial charge on any atom is 0.266 e. The van der Waals surface area contributed by atoms with Crippen LogP contribution in [0.15, 0.2) is 53.4 Å². The molecule has 0 spiro atoms. The Labute approximate surface area is 190 Å². The van der Waals surface area contributed by atoms with E-state index in [0.717, 1.165) is 18.4 Å². The van der Waals surface area contributed by atoms with Crippen molar-refractivity contribution in [1.29, 1.82) is 0 Å². The Morgan fingerprint density at radius 2 is 1.93 bits per heavy atom. The van der Waals surface area contributed by atoms with E-state index in [1.165, 1.54) is 23.9 Å². The van der Waals surface area contributed by atoms with E-state index in [-0.39, 0.29) is 17.6 Å². The van der Waals surface area contributed by atoms with Crippen LogP contribution < -0.4 is 5.32 Å². The Bertz CT molecular complexity index is 980. The second kappa shape index (κ2) is 10.6. The molecule has 0 aromatic heterocycles. The van der Waals surface area contributed by atoms with Gasteiger partial charge in [-0.3, -0.25) is 14.5 Å². The third-order valence-electron chi connectivity index (χ3n) is 4.49. The van der Waals surface area contributed by atoms with Gasteiger partial charge in [0, 0.05) is 18.0 Å². The molecule has 0 bridgehead atoms. The number of anilines is 1. The summed E-state index contributed by atoms with van der Waals surface area (Å²) in [6.45, 7) is 0.535.